The Kier molecular flexibility index (Phi) is 6.54. The molecular weight excluding hydrogens is 408 g/mol. The van der Waals surface area contributed by atoms with E-state index in [-0.39, 0.29) is 19.3 Å². The standard InChI is InChI=1S/C21H24N2O4S2/c1-5-26-19(24)16-13(4)17(20(25)27-6-2)29-18(16)22-21(28)23-12(3)11-14-9-7-8-10-15(14)23/h7-10,12H,5-6,11H2,1-4H3,(H,22,28)/t12-/m0/s1. The Morgan fingerprint density at radius 1 is 1.21 bits per heavy atom. The van der Waals surface area contributed by atoms with Gasteiger partial charge in [-0.1, -0.05) is 18.2 Å². The van der Waals surface area contributed by atoms with Gasteiger partial charge in [0.15, 0.2) is 5.11 Å². The Balaban J connectivity index is 1.95. The maximum atomic E-state index is 12.6. The predicted octanol–water partition coefficient (Wildman–Crippen LogP) is 4.56. The van der Waals surface area contributed by atoms with E-state index in [0.29, 0.717) is 26.1 Å². The minimum atomic E-state index is -0.489. The molecule has 0 saturated heterocycles. The van der Waals surface area contributed by atoms with Gasteiger partial charge in [0.05, 0.1) is 18.8 Å². The fourth-order valence-electron chi connectivity index (χ4n) is 3.47. The number of esters is 2. The number of ether oxygens (including phenoxy) is 2. The lowest BCUT2D eigenvalue weighted by molar-refractivity contribution is 0.0527. The molecule has 6 nitrogen and oxygen atoms in total. The Morgan fingerprint density at radius 2 is 1.86 bits per heavy atom. The van der Waals surface area contributed by atoms with Crippen molar-refractivity contribution in [2.75, 3.05) is 23.4 Å². The summed E-state index contributed by atoms with van der Waals surface area (Å²) in [6.45, 7) is 7.80. The summed E-state index contributed by atoms with van der Waals surface area (Å²) in [5.74, 6) is -0.948. The molecule has 3 rings (SSSR count). The summed E-state index contributed by atoms with van der Waals surface area (Å²) >= 11 is 6.84. The summed E-state index contributed by atoms with van der Waals surface area (Å²) in [5.41, 5.74) is 3.13. The van der Waals surface area contributed by atoms with Gasteiger partial charge in [0.2, 0.25) is 0 Å². The lowest BCUT2D eigenvalue weighted by Crippen LogP contribution is -2.38. The molecule has 29 heavy (non-hydrogen) atoms. The molecule has 0 unspecified atom stereocenters. The number of para-hydroxylation sites is 1. The summed E-state index contributed by atoms with van der Waals surface area (Å²) in [4.78, 5) is 27.3. The molecule has 1 atom stereocenters. The molecule has 1 aliphatic heterocycles. The minimum Gasteiger partial charge on any atom is -0.462 e. The first-order valence-corrected chi connectivity index (χ1v) is 10.8. The van der Waals surface area contributed by atoms with Crippen LogP contribution in [0.2, 0.25) is 0 Å². The zero-order chi connectivity index (χ0) is 21.1. The van der Waals surface area contributed by atoms with Crippen molar-refractivity contribution in [3.05, 3.63) is 45.8 Å². The van der Waals surface area contributed by atoms with Crippen LogP contribution in [-0.2, 0) is 15.9 Å². The van der Waals surface area contributed by atoms with Gasteiger partial charge in [-0.2, -0.15) is 0 Å². The third-order valence-electron chi connectivity index (χ3n) is 4.73. The lowest BCUT2D eigenvalue weighted by Gasteiger charge is -2.26. The fourth-order valence-corrected chi connectivity index (χ4v) is 5.01. The molecule has 0 bridgehead atoms. The highest BCUT2D eigenvalue weighted by Gasteiger charge is 2.31. The minimum absolute atomic E-state index is 0.184. The van der Waals surface area contributed by atoms with E-state index in [2.05, 4.69) is 18.3 Å². The van der Waals surface area contributed by atoms with Gasteiger partial charge in [-0.05, 0) is 63.5 Å². The molecule has 0 saturated carbocycles. The van der Waals surface area contributed by atoms with Gasteiger partial charge in [0.25, 0.3) is 0 Å². The van der Waals surface area contributed by atoms with E-state index < -0.39 is 11.9 Å². The van der Waals surface area contributed by atoms with Crippen molar-refractivity contribution >= 4 is 51.3 Å². The molecule has 1 aromatic carbocycles. The van der Waals surface area contributed by atoms with Gasteiger partial charge >= 0.3 is 11.9 Å². The number of anilines is 2. The normalized spacial score (nSPS) is 15.0. The summed E-state index contributed by atoms with van der Waals surface area (Å²) in [7, 11) is 0. The number of hydrogen-bond donors (Lipinski definition) is 1. The van der Waals surface area contributed by atoms with Crippen molar-refractivity contribution in [2.24, 2.45) is 0 Å². The van der Waals surface area contributed by atoms with Crippen molar-refractivity contribution in [2.45, 2.75) is 40.2 Å². The molecular formula is C21H24N2O4S2. The highest BCUT2D eigenvalue weighted by molar-refractivity contribution is 7.80. The van der Waals surface area contributed by atoms with Gasteiger partial charge in [-0.15, -0.1) is 11.3 Å². The molecule has 0 spiro atoms. The van der Waals surface area contributed by atoms with Crippen molar-refractivity contribution in [3.8, 4) is 0 Å². The monoisotopic (exact) mass is 432 g/mol. The van der Waals surface area contributed by atoms with E-state index in [1.54, 1.807) is 20.8 Å². The number of nitrogens with one attached hydrogen (secondary N) is 1. The second-order valence-corrected chi connectivity index (χ2v) is 8.09. The lowest BCUT2D eigenvalue weighted by atomic mass is 10.1. The van der Waals surface area contributed by atoms with Crippen LogP contribution in [0.1, 0.15) is 51.9 Å². The summed E-state index contributed by atoms with van der Waals surface area (Å²) < 4.78 is 10.3. The van der Waals surface area contributed by atoms with Gasteiger partial charge in [0.1, 0.15) is 9.88 Å². The molecule has 1 aliphatic rings. The van der Waals surface area contributed by atoms with Crippen molar-refractivity contribution in [3.63, 3.8) is 0 Å². The Bertz CT molecular complexity index is 954. The molecule has 0 radical (unpaired) electrons. The highest BCUT2D eigenvalue weighted by Crippen LogP contribution is 2.37. The number of benzene rings is 1. The zero-order valence-corrected chi connectivity index (χ0v) is 18.5. The number of carbonyl (C=O) groups is 2. The third kappa shape index (κ3) is 4.13. The van der Waals surface area contributed by atoms with Crippen LogP contribution >= 0.6 is 23.6 Å². The van der Waals surface area contributed by atoms with Gasteiger partial charge in [-0.25, -0.2) is 9.59 Å². The smallest absolute Gasteiger partial charge is 0.348 e. The van der Waals surface area contributed by atoms with Gasteiger partial charge in [0, 0.05) is 11.7 Å². The Labute approximate surface area is 179 Å². The average molecular weight is 433 g/mol. The van der Waals surface area contributed by atoms with E-state index >= 15 is 0 Å². The number of thiocarbonyl (C=S) groups is 1. The average Bonchev–Trinajstić information content (AvgIpc) is 3.18. The molecule has 2 heterocycles. The zero-order valence-electron chi connectivity index (χ0n) is 16.9. The first-order valence-electron chi connectivity index (χ1n) is 9.54. The number of hydrogen-bond acceptors (Lipinski definition) is 6. The Hall–Kier alpha value is -2.45. The van der Waals surface area contributed by atoms with Crippen LogP contribution in [0.25, 0.3) is 0 Å². The number of carbonyl (C=O) groups excluding carboxylic acids is 2. The topological polar surface area (TPSA) is 67.9 Å². The quantitative estimate of drug-likeness (QED) is 0.549. The fraction of sp³-hybridized carbons (Fsp3) is 0.381. The third-order valence-corrected chi connectivity index (χ3v) is 6.22. The van der Waals surface area contributed by atoms with Crippen molar-refractivity contribution < 1.29 is 19.1 Å². The van der Waals surface area contributed by atoms with E-state index in [1.807, 2.05) is 23.1 Å². The molecule has 1 N–H and O–H groups in total. The van der Waals surface area contributed by atoms with Crippen LogP contribution in [-0.4, -0.2) is 36.3 Å². The summed E-state index contributed by atoms with van der Waals surface area (Å²) in [6, 6.07) is 8.29. The SMILES string of the molecule is CCOC(=O)c1sc(NC(=S)N2c3ccccc3C[C@@H]2C)c(C(=O)OCC)c1C. The maximum Gasteiger partial charge on any atom is 0.348 e. The molecule has 0 fully saturated rings. The molecule has 154 valence electrons. The van der Waals surface area contributed by atoms with Crippen LogP contribution in [0.4, 0.5) is 10.7 Å². The van der Waals surface area contributed by atoms with Gasteiger partial charge in [-0.3, -0.25) is 0 Å². The first-order chi connectivity index (χ1) is 13.9. The van der Waals surface area contributed by atoms with Crippen LogP contribution in [0.5, 0.6) is 0 Å². The van der Waals surface area contributed by atoms with Crippen LogP contribution in [0.3, 0.4) is 0 Å². The summed E-state index contributed by atoms with van der Waals surface area (Å²) in [5, 5.41) is 4.16. The van der Waals surface area contributed by atoms with E-state index in [4.69, 9.17) is 21.7 Å². The molecule has 1 aromatic heterocycles. The highest BCUT2D eigenvalue weighted by atomic mass is 32.1. The summed E-state index contributed by atoms with van der Waals surface area (Å²) in [6.07, 6.45) is 0.889. The van der Waals surface area contributed by atoms with Crippen LogP contribution < -0.4 is 10.2 Å². The molecule has 0 aliphatic carbocycles. The second-order valence-electron chi connectivity index (χ2n) is 6.68. The largest absolute Gasteiger partial charge is 0.462 e. The molecule has 0 amide bonds. The predicted molar refractivity (Wildman–Crippen MR) is 119 cm³/mol. The number of fused-ring (bicyclic) bond motifs is 1. The van der Waals surface area contributed by atoms with Crippen molar-refractivity contribution in [1.82, 2.24) is 0 Å². The number of nitrogens with zero attached hydrogens (tertiary/aromatic N) is 1. The van der Waals surface area contributed by atoms with Gasteiger partial charge < -0.3 is 19.7 Å². The molecule has 8 heteroatoms. The molecule has 2 aromatic rings. The number of thiophene rings is 1. The van der Waals surface area contributed by atoms with Crippen LogP contribution in [0.15, 0.2) is 24.3 Å². The second kappa shape index (κ2) is 8.92. The van der Waals surface area contributed by atoms with E-state index in [1.165, 1.54) is 5.56 Å². The van der Waals surface area contributed by atoms with E-state index in [9.17, 15) is 9.59 Å². The maximum absolute atomic E-state index is 12.6. The Morgan fingerprint density at radius 3 is 2.55 bits per heavy atom. The van der Waals surface area contributed by atoms with Crippen LogP contribution in [0, 0.1) is 6.92 Å². The first kappa shape index (κ1) is 21.3. The number of rotatable bonds is 5. The van der Waals surface area contributed by atoms with Crippen molar-refractivity contribution in [1.29, 1.82) is 0 Å². The van der Waals surface area contributed by atoms with E-state index in [0.717, 1.165) is 23.4 Å².